The van der Waals surface area contributed by atoms with E-state index in [0.717, 1.165) is 0 Å². The van der Waals surface area contributed by atoms with Crippen molar-refractivity contribution in [3.05, 3.63) is 65.1 Å². The molecule has 3 aromatic rings. The normalized spacial score (nSPS) is 13.4. The monoisotopic (exact) mass is 488 g/mol. The topological polar surface area (TPSA) is 145 Å². The molecule has 33 heavy (non-hydrogen) atoms. The number of nitrogens with one attached hydrogen (secondary N) is 2. The van der Waals surface area contributed by atoms with E-state index in [-0.39, 0.29) is 16.3 Å². The average molecular weight is 489 g/mol. The zero-order valence-corrected chi connectivity index (χ0v) is 19.3. The molecular formula is C22H21ClN4O5S. The third-order valence-corrected chi connectivity index (χ3v) is 6.41. The average Bonchev–Trinajstić information content (AvgIpc) is 3.20. The van der Waals surface area contributed by atoms with Crippen LogP contribution in [0.2, 0.25) is 5.02 Å². The van der Waals surface area contributed by atoms with Gasteiger partial charge in [0.05, 0.1) is 15.9 Å². The lowest BCUT2D eigenvalue weighted by molar-refractivity contribution is -0.146. The summed E-state index contributed by atoms with van der Waals surface area (Å²) in [5, 5.41) is 20.2. The highest BCUT2D eigenvalue weighted by atomic mass is 35.5. The molecule has 2 aromatic carbocycles. The molecule has 0 spiro atoms. The van der Waals surface area contributed by atoms with Crippen LogP contribution in [-0.2, 0) is 19.6 Å². The van der Waals surface area contributed by atoms with Gasteiger partial charge in [-0.15, -0.1) is 0 Å². The van der Waals surface area contributed by atoms with Gasteiger partial charge in [0.15, 0.2) is 11.6 Å². The molecule has 3 N–H and O–H groups in total. The Labute approximate surface area is 195 Å². The number of imidazole rings is 1. The number of halogens is 1. The van der Waals surface area contributed by atoms with Gasteiger partial charge in [-0.2, -0.15) is 9.98 Å². The Balaban J connectivity index is 1.75. The number of aliphatic hydroxyl groups excluding tert-OH is 1. The summed E-state index contributed by atoms with van der Waals surface area (Å²) in [4.78, 5) is 19.7. The van der Waals surface area contributed by atoms with Crippen molar-refractivity contribution >= 4 is 44.2 Å². The molecule has 0 aliphatic rings. The Morgan fingerprint density at radius 1 is 1.24 bits per heavy atom. The number of fused-ring (bicyclic) bond motifs is 1. The van der Waals surface area contributed by atoms with Crippen molar-refractivity contribution in [2.45, 2.75) is 24.8 Å². The van der Waals surface area contributed by atoms with E-state index in [9.17, 15) is 23.6 Å². The van der Waals surface area contributed by atoms with Gasteiger partial charge in [0.1, 0.15) is 24.3 Å². The Morgan fingerprint density at radius 2 is 1.91 bits per heavy atom. The van der Waals surface area contributed by atoms with Gasteiger partial charge in [0, 0.05) is 5.02 Å². The van der Waals surface area contributed by atoms with Gasteiger partial charge in [-0.3, -0.25) is 4.79 Å². The summed E-state index contributed by atoms with van der Waals surface area (Å²) in [5.74, 6) is -1.77. The fraction of sp³-hybridized carbons (Fsp3) is 0.227. The minimum absolute atomic E-state index is 0.0651. The van der Waals surface area contributed by atoms with E-state index in [1.807, 2.05) is 6.07 Å². The van der Waals surface area contributed by atoms with Crippen molar-refractivity contribution in [2.24, 2.45) is 5.92 Å². The number of hydrogen-bond acceptors (Lipinski definition) is 7. The number of aliphatic hydroxyl groups is 1. The van der Waals surface area contributed by atoms with Gasteiger partial charge in [-0.25, -0.2) is 13.4 Å². The van der Waals surface area contributed by atoms with E-state index in [0.29, 0.717) is 16.1 Å². The Hall–Kier alpha value is -3.39. The number of benzene rings is 2. The first-order chi connectivity index (χ1) is 15.6. The predicted octanol–water partition coefficient (Wildman–Crippen LogP) is 3.56. The van der Waals surface area contributed by atoms with Crippen LogP contribution in [-0.4, -0.2) is 42.1 Å². The number of ether oxygens (including phenoxy) is 1. The summed E-state index contributed by atoms with van der Waals surface area (Å²) in [6.07, 6.45) is 0. The second-order valence-corrected chi connectivity index (χ2v) is 9.59. The first-order valence-corrected chi connectivity index (χ1v) is 11.7. The maximum absolute atomic E-state index is 12.6. The lowest BCUT2D eigenvalue weighted by Crippen LogP contribution is -2.45. The van der Waals surface area contributed by atoms with E-state index < -0.39 is 40.3 Å². The SMILES string of the molecule is CC(C)C(NS(=O)(=O)c1ccc(Cl)cc1)C(=O)OCC(O)=C(C#N)c1nc2ccccc2[nH]1. The molecular weight excluding hydrogens is 468 g/mol. The number of hydrogen-bond donors (Lipinski definition) is 3. The molecule has 1 atom stereocenters. The van der Waals surface area contributed by atoms with Gasteiger partial charge in [0.25, 0.3) is 0 Å². The summed E-state index contributed by atoms with van der Waals surface area (Å²) in [6, 6.07) is 13.2. The van der Waals surface area contributed by atoms with E-state index in [1.54, 1.807) is 38.1 Å². The third-order valence-electron chi connectivity index (χ3n) is 4.70. The van der Waals surface area contributed by atoms with Crippen LogP contribution in [0.3, 0.4) is 0 Å². The summed E-state index contributed by atoms with van der Waals surface area (Å²) in [7, 11) is -4.03. The van der Waals surface area contributed by atoms with E-state index in [2.05, 4.69) is 14.7 Å². The second-order valence-electron chi connectivity index (χ2n) is 7.44. The van der Waals surface area contributed by atoms with Crippen LogP contribution in [0.15, 0.2) is 59.2 Å². The number of esters is 1. The summed E-state index contributed by atoms with van der Waals surface area (Å²) >= 11 is 5.80. The second kappa shape index (κ2) is 10.0. The first kappa shape index (κ1) is 24.3. The van der Waals surface area contributed by atoms with Crippen LogP contribution in [0.1, 0.15) is 19.7 Å². The largest absolute Gasteiger partial charge is 0.507 e. The number of sulfonamides is 1. The Bertz CT molecular complexity index is 1310. The van der Waals surface area contributed by atoms with E-state index >= 15 is 0 Å². The van der Waals surface area contributed by atoms with Crippen LogP contribution in [0, 0.1) is 17.2 Å². The molecule has 172 valence electrons. The third kappa shape index (κ3) is 5.70. The number of carbonyl (C=O) groups is 1. The zero-order valence-electron chi connectivity index (χ0n) is 17.7. The molecule has 0 amide bonds. The van der Waals surface area contributed by atoms with Crippen molar-refractivity contribution in [3.63, 3.8) is 0 Å². The van der Waals surface area contributed by atoms with Gasteiger partial charge in [-0.1, -0.05) is 37.6 Å². The molecule has 9 nitrogen and oxygen atoms in total. The van der Waals surface area contributed by atoms with E-state index in [4.69, 9.17) is 16.3 Å². The van der Waals surface area contributed by atoms with Crippen molar-refractivity contribution in [1.82, 2.24) is 14.7 Å². The fourth-order valence-electron chi connectivity index (χ4n) is 2.93. The maximum Gasteiger partial charge on any atom is 0.324 e. The Morgan fingerprint density at radius 3 is 2.52 bits per heavy atom. The highest BCUT2D eigenvalue weighted by Gasteiger charge is 2.30. The molecule has 0 saturated carbocycles. The van der Waals surface area contributed by atoms with Crippen LogP contribution in [0.25, 0.3) is 16.6 Å². The molecule has 1 unspecified atom stereocenters. The number of aromatic nitrogens is 2. The van der Waals surface area contributed by atoms with Crippen molar-refractivity contribution in [3.8, 4) is 6.07 Å². The molecule has 0 fully saturated rings. The molecule has 11 heteroatoms. The molecule has 1 aromatic heterocycles. The number of rotatable bonds is 8. The predicted molar refractivity (Wildman–Crippen MR) is 123 cm³/mol. The number of nitriles is 1. The summed E-state index contributed by atoms with van der Waals surface area (Å²) in [6.45, 7) is 2.65. The van der Waals surface area contributed by atoms with Gasteiger partial charge in [-0.05, 0) is 42.3 Å². The number of nitrogens with zero attached hydrogens (tertiary/aromatic N) is 2. The molecule has 0 radical (unpaired) electrons. The molecule has 3 rings (SSSR count). The molecule has 0 bridgehead atoms. The highest BCUT2D eigenvalue weighted by molar-refractivity contribution is 7.89. The van der Waals surface area contributed by atoms with Crippen LogP contribution < -0.4 is 4.72 Å². The summed E-state index contributed by atoms with van der Waals surface area (Å²) in [5.41, 5.74) is 1.07. The Kier molecular flexibility index (Phi) is 7.38. The number of carbonyl (C=O) groups excluding carboxylic acids is 1. The lowest BCUT2D eigenvalue weighted by Gasteiger charge is -2.21. The standard InChI is InChI=1S/C22H21ClN4O5S/c1-13(2)20(27-33(30,31)15-9-7-14(23)8-10-15)22(29)32-12-19(28)16(11-24)21-25-17-5-3-4-6-18(17)26-21/h3-10,13,20,27-28H,12H2,1-2H3,(H,25,26). The molecule has 1 heterocycles. The zero-order chi connectivity index (χ0) is 24.2. The van der Waals surface area contributed by atoms with Crippen LogP contribution in [0.4, 0.5) is 0 Å². The number of allylic oxidation sites excluding steroid dienone is 1. The minimum Gasteiger partial charge on any atom is -0.507 e. The maximum atomic E-state index is 12.6. The quantitative estimate of drug-likeness (QED) is 0.249. The van der Waals surface area contributed by atoms with Crippen molar-refractivity contribution in [2.75, 3.05) is 6.61 Å². The number of para-hydroxylation sites is 2. The van der Waals surface area contributed by atoms with Crippen molar-refractivity contribution in [1.29, 1.82) is 5.26 Å². The minimum atomic E-state index is -4.03. The van der Waals surface area contributed by atoms with Crippen LogP contribution in [0.5, 0.6) is 0 Å². The number of H-pyrrole nitrogens is 1. The molecule has 0 aliphatic heterocycles. The smallest absolute Gasteiger partial charge is 0.324 e. The number of aromatic amines is 1. The van der Waals surface area contributed by atoms with Gasteiger partial charge < -0.3 is 14.8 Å². The fourth-order valence-corrected chi connectivity index (χ4v) is 4.39. The lowest BCUT2D eigenvalue weighted by atomic mass is 10.1. The first-order valence-electron chi connectivity index (χ1n) is 9.84. The van der Waals surface area contributed by atoms with Crippen molar-refractivity contribution < 1.29 is 23.1 Å². The summed E-state index contributed by atoms with van der Waals surface area (Å²) < 4.78 is 32.7. The molecule has 0 aliphatic carbocycles. The van der Waals surface area contributed by atoms with E-state index in [1.165, 1.54) is 24.3 Å². The highest BCUT2D eigenvalue weighted by Crippen LogP contribution is 2.20. The molecule has 0 saturated heterocycles. The van der Waals surface area contributed by atoms with Gasteiger partial charge in [0.2, 0.25) is 10.0 Å². The van der Waals surface area contributed by atoms with Crippen LogP contribution >= 0.6 is 11.6 Å². The van der Waals surface area contributed by atoms with Gasteiger partial charge >= 0.3 is 5.97 Å².